The molecule has 1 aliphatic rings. The van der Waals surface area contributed by atoms with Crippen LogP contribution < -0.4 is 0 Å². The summed E-state index contributed by atoms with van der Waals surface area (Å²) in [7, 11) is 3.72. The predicted molar refractivity (Wildman–Crippen MR) is 81.4 cm³/mol. The number of carbonyl (C=O) groups excluding carboxylic acids is 1. The van der Waals surface area contributed by atoms with E-state index in [1.54, 1.807) is 4.68 Å². The van der Waals surface area contributed by atoms with Gasteiger partial charge in [0.25, 0.3) is 5.91 Å². The Bertz CT molecular complexity index is 688. The second-order valence-corrected chi connectivity index (χ2v) is 5.93. The van der Waals surface area contributed by atoms with Crippen LogP contribution >= 0.6 is 11.6 Å². The Morgan fingerprint density at radius 3 is 2.76 bits per heavy atom. The van der Waals surface area contributed by atoms with Crippen molar-refractivity contribution in [2.24, 2.45) is 14.1 Å². The van der Waals surface area contributed by atoms with Gasteiger partial charge in [0.1, 0.15) is 10.8 Å². The summed E-state index contributed by atoms with van der Waals surface area (Å²) >= 11 is 6.38. The Morgan fingerprint density at radius 1 is 1.43 bits per heavy atom. The van der Waals surface area contributed by atoms with Crippen molar-refractivity contribution >= 4 is 17.5 Å². The molecule has 3 heterocycles. The first kappa shape index (κ1) is 14.2. The highest BCUT2D eigenvalue weighted by molar-refractivity contribution is 6.30. The van der Waals surface area contributed by atoms with Gasteiger partial charge in [0.15, 0.2) is 0 Å². The first-order valence-corrected chi connectivity index (χ1v) is 7.49. The molecule has 0 aliphatic carbocycles. The predicted octanol–water partition coefficient (Wildman–Crippen LogP) is 2.70. The molecular weight excluding hydrogens is 288 g/mol. The third-order valence-electron chi connectivity index (χ3n) is 4.21. The van der Waals surface area contributed by atoms with Crippen molar-refractivity contribution in [2.45, 2.75) is 25.8 Å². The van der Waals surface area contributed by atoms with Gasteiger partial charge < -0.3 is 9.47 Å². The topological polar surface area (TPSA) is 43.1 Å². The Hall–Kier alpha value is -1.75. The third kappa shape index (κ3) is 2.25. The molecule has 0 unspecified atom stereocenters. The fraction of sp³-hybridized carbons (Fsp3) is 0.467. The van der Waals surface area contributed by atoms with Gasteiger partial charge >= 0.3 is 0 Å². The lowest BCUT2D eigenvalue weighted by atomic mass is 10.1. The van der Waals surface area contributed by atoms with Crippen LogP contribution in [0.1, 0.15) is 40.6 Å². The summed E-state index contributed by atoms with van der Waals surface area (Å²) in [5, 5.41) is 5.00. The number of carbonyl (C=O) groups is 1. The summed E-state index contributed by atoms with van der Waals surface area (Å²) in [6, 6.07) is 3.77. The fourth-order valence-corrected chi connectivity index (χ4v) is 3.47. The van der Waals surface area contributed by atoms with E-state index in [2.05, 4.69) is 5.10 Å². The number of amides is 1. The number of aromatic nitrogens is 3. The molecule has 2 aromatic heterocycles. The molecule has 1 amide bonds. The van der Waals surface area contributed by atoms with E-state index < -0.39 is 0 Å². The Morgan fingerprint density at radius 2 is 2.19 bits per heavy atom. The van der Waals surface area contributed by atoms with Crippen LogP contribution in [0.2, 0.25) is 5.15 Å². The van der Waals surface area contributed by atoms with E-state index in [-0.39, 0.29) is 11.9 Å². The van der Waals surface area contributed by atoms with Crippen molar-refractivity contribution in [3.8, 4) is 0 Å². The molecule has 1 saturated heterocycles. The molecule has 5 nitrogen and oxygen atoms in total. The fourth-order valence-electron chi connectivity index (χ4n) is 3.17. The summed E-state index contributed by atoms with van der Waals surface area (Å²) in [5.41, 5.74) is 2.60. The van der Waals surface area contributed by atoms with E-state index in [9.17, 15) is 4.79 Å². The van der Waals surface area contributed by atoms with Crippen molar-refractivity contribution in [2.75, 3.05) is 6.54 Å². The number of hydrogen-bond acceptors (Lipinski definition) is 2. The summed E-state index contributed by atoms with van der Waals surface area (Å²) < 4.78 is 3.53. The number of rotatable bonds is 2. The lowest BCUT2D eigenvalue weighted by molar-refractivity contribution is 0.0725. The van der Waals surface area contributed by atoms with E-state index in [4.69, 9.17) is 11.6 Å². The van der Waals surface area contributed by atoms with Crippen molar-refractivity contribution in [1.29, 1.82) is 0 Å². The van der Waals surface area contributed by atoms with Crippen molar-refractivity contribution in [1.82, 2.24) is 19.2 Å². The molecule has 2 aromatic rings. The highest BCUT2D eigenvalue weighted by Gasteiger charge is 2.35. The molecule has 0 spiro atoms. The maximum atomic E-state index is 12.8. The molecule has 0 saturated carbocycles. The average Bonchev–Trinajstić information content (AvgIpc) is 3.11. The van der Waals surface area contributed by atoms with Crippen LogP contribution in [-0.2, 0) is 14.1 Å². The second-order valence-electron chi connectivity index (χ2n) is 5.57. The first-order valence-electron chi connectivity index (χ1n) is 7.12. The van der Waals surface area contributed by atoms with Crippen LogP contribution in [0, 0.1) is 6.92 Å². The zero-order valence-corrected chi connectivity index (χ0v) is 13.3. The zero-order chi connectivity index (χ0) is 15.1. The van der Waals surface area contributed by atoms with Crippen LogP contribution in [0.3, 0.4) is 0 Å². The smallest absolute Gasteiger partial charge is 0.270 e. The molecule has 21 heavy (non-hydrogen) atoms. The Labute approximate surface area is 129 Å². The Kier molecular flexibility index (Phi) is 3.53. The highest BCUT2D eigenvalue weighted by atomic mass is 35.5. The SMILES string of the molecule is Cc1nn(C)c(Cl)c1[C@H]1CCCN1C(=O)c1cccn1C. The van der Waals surface area contributed by atoms with Gasteiger partial charge in [0.2, 0.25) is 0 Å². The van der Waals surface area contributed by atoms with Crippen molar-refractivity contribution < 1.29 is 4.79 Å². The maximum Gasteiger partial charge on any atom is 0.270 e. The van der Waals surface area contributed by atoms with Crippen LogP contribution in [0.4, 0.5) is 0 Å². The molecule has 3 rings (SSSR count). The van der Waals surface area contributed by atoms with Crippen LogP contribution in [-0.4, -0.2) is 31.7 Å². The van der Waals surface area contributed by atoms with Gasteiger partial charge in [-0.05, 0) is 31.9 Å². The summed E-state index contributed by atoms with van der Waals surface area (Å²) in [6.45, 7) is 2.71. The number of hydrogen-bond donors (Lipinski definition) is 0. The standard InChI is InChI=1S/C15H19ClN4O/c1-10-13(14(16)19(3)17-10)11-6-5-9-20(11)15(21)12-7-4-8-18(12)2/h4,7-8,11H,5-6,9H2,1-3H3/t11-/m1/s1. The van der Waals surface area contributed by atoms with Crippen LogP contribution in [0.5, 0.6) is 0 Å². The van der Waals surface area contributed by atoms with Gasteiger partial charge in [-0.3, -0.25) is 9.48 Å². The van der Waals surface area contributed by atoms with Gasteiger partial charge in [-0.1, -0.05) is 11.6 Å². The van der Waals surface area contributed by atoms with Crippen molar-refractivity contribution in [3.05, 3.63) is 40.4 Å². The van der Waals surface area contributed by atoms with E-state index in [0.29, 0.717) is 10.8 Å². The third-order valence-corrected chi connectivity index (χ3v) is 4.65. The quantitative estimate of drug-likeness (QED) is 0.856. The minimum Gasteiger partial charge on any atom is -0.347 e. The lowest BCUT2D eigenvalue weighted by Crippen LogP contribution is -2.32. The number of likely N-dealkylation sites (tertiary alicyclic amines) is 1. The molecule has 0 N–H and O–H groups in total. The van der Waals surface area contributed by atoms with Gasteiger partial charge in [0.05, 0.1) is 11.7 Å². The molecule has 112 valence electrons. The normalized spacial score (nSPS) is 18.5. The van der Waals surface area contributed by atoms with Gasteiger partial charge in [-0.25, -0.2) is 0 Å². The monoisotopic (exact) mass is 306 g/mol. The van der Waals surface area contributed by atoms with Crippen LogP contribution in [0.15, 0.2) is 18.3 Å². The number of aryl methyl sites for hydroxylation is 3. The summed E-state index contributed by atoms with van der Waals surface area (Å²) in [4.78, 5) is 14.7. The van der Waals surface area contributed by atoms with Gasteiger partial charge in [-0.15, -0.1) is 0 Å². The van der Waals surface area contributed by atoms with E-state index in [0.717, 1.165) is 30.6 Å². The summed E-state index contributed by atoms with van der Waals surface area (Å²) in [5.74, 6) is 0.0596. The molecule has 0 radical (unpaired) electrons. The molecule has 1 atom stereocenters. The second kappa shape index (κ2) is 5.22. The maximum absolute atomic E-state index is 12.8. The molecule has 1 fully saturated rings. The number of halogens is 1. The lowest BCUT2D eigenvalue weighted by Gasteiger charge is -2.25. The van der Waals surface area contributed by atoms with Crippen LogP contribution in [0.25, 0.3) is 0 Å². The molecule has 1 aliphatic heterocycles. The van der Waals surface area contributed by atoms with E-state index in [1.807, 2.05) is 48.8 Å². The summed E-state index contributed by atoms with van der Waals surface area (Å²) in [6.07, 6.45) is 3.81. The first-order chi connectivity index (χ1) is 10.0. The molecular formula is C15H19ClN4O. The minimum atomic E-state index is 0.0219. The largest absolute Gasteiger partial charge is 0.347 e. The molecule has 0 aromatic carbocycles. The molecule has 6 heteroatoms. The molecule has 0 bridgehead atoms. The highest BCUT2D eigenvalue weighted by Crippen LogP contribution is 2.38. The zero-order valence-electron chi connectivity index (χ0n) is 12.5. The Balaban J connectivity index is 1.96. The average molecular weight is 307 g/mol. The van der Waals surface area contributed by atoms with Gasteiger partial charge in [0, 0.05) is 32.4 Å². The van der Waals surface area contributed by atoms with Crippen molar-refractivity contribution in [3.63, 3.8) is 0 Å². The minimum absolute atomic E-state index is 0.0219. The van der Waals surface area contributed by atoms with E-state index >= 15 is 0 Å². The van der Waals surface area contributed by atoms with E-state index in [1.165, 1.54) is 0 Å². The van der Waals surface area contributed by atoms with Gasteiger partial charge in [-0.2, -0.15) is 5.10 Å². The number of nitrogens with zero attached hydrogens (tertiary/aromatic N) is 4.